The molecule has 3 heterocycles. The number of thiocarbonyl (C=S) groups is 1. The number of halogens is 3. The Morgan fingerprint density at radius 2 is 1.91 bits per heavy atom. The van der Waals surface area contributed by atoms with E-state index in [0.717, 1.165) is 32.7 Å². The molecule has 8 heteroatoms. The van der Waals surface area contributed by atoms with Gasteiger partial charge in [-0.1, -0.05) is 45.2 Å². The van der Waals surface area contributed by atoms with Gasteiger partial charge in [-0.2, -0.15) is 0 Å². The summed E-state index contributed by atoms with van der Waals surface area (Å²) in [4.78, 5) is 6.67. The van der Waals surface area contributed by atoms with E-state index in [1.165, 1.54) is 0 Å². The molecule has 166 valence electrons. The van der Waals surface area contributed by atoms with Crippen molar-refractivity contribution in [3.05, 3.63) is 104 Å². The lowest BCUT2D eigenvalue weighted by molar-refractivity contribution is 0.439. The number of rotatable bonds is 4. The summed E-state index contributed by atoms with van der Waals surface area (Å²) in [5.41, 5.74) is 3.74. The average Bonchev–Trinajstić information content (AvgIpc) is 3.41. The van der Waals surface area contributed by atoms with Crippen LogP contribution >= 0.6 is 51.3 Å². The topological polar surface area (TPSA) is 41.3 Å². The van der Waals surface area contributed by atoms with Crippen LogP contribution in [0.1, 0.15) is 29.1 Å². The third kappa shape index (κ3) is 4.28. The maximum absolute atomic E-state index is 6.44. The standard InChI is InChI=1S/C25H18BrCl2N3OS/c1-14-12-16(6-8-18(14)26)31-24(23(30-25(31)33)20-4-2-3-11-29-20)22-10-9-21(32-22)17-7-5-15(27)13-19(17)28/h2-13,23-24H,1H3,(H,30,33)/t23-,24-/m0/s1. The van der Waals surface area contributed by atoms with Gasteiger partial charge in [-0.25, -0.2) is 0 Å². The normalized spacial score (nSPS) is 17.9. The van der Waals surface area contributed by atoms with Gasteiger partial charge in [0.2, 0.25) is 0 Å². The van der Waals surface area contributed by atoms with E-state index in [2.05, 4.69) is 44.1 Å². The fourth-order valence-corrected chi connectivity index (χ4v) is 5.14. The van der Waals surface area contributed by atoms with Crippen molar-refractivity contribution in [3.63, 3.8) is 0 Å². The number of furan rings is 1. The first-order valence-corrected chi connectivity index (χ1v) is 12.2. The van der Waals surface area contributed by atoms with E-state index < -0.39 is 0 Å². The van der Waals surface area contributed by atoms with Crippen molar-refractivity contribution in [2.75, 3.05) is 4.90 Å². The smallest absolute Gasteiger partial charge is 0.174 e. The number of benzene rings is 2. The quantitative estimate of drug-likeness (QED) is 0.258. The van der Waals surface area contributed by atoms with Crippen LogP contribution in [-0.2, 0) is 0 Å². The Morgan fingerprint density at radius 3 is 2.64 bits per heavy atom. The molecule has 33 heavy (non-hydrogen) atoms. The first kappa shape index (κ1) is 22.4. The Hall–Kier alpha value is -2.38. The highest BCUT2D eigenvalue weighted by Gasteiger charge is 2.42. The maximum atomic E-state index is 6.44. The Morgan fingerprint density at radius 1 is 1.06 bits per heavy atom. The van der Waals surface area contributed by atoms with E-state index in [4.69, 9.17) is 39.8 Å². The molecule has 4 nitrogen and oxygen atoms in total. The number of anilines is 1. The van der Waals surface area contributed by atoms with Crippen LogP contribution in [0.4, 0.5) is 5.69 Å². The van der Waals surface area contributed by atoms with Gasteiger partial charge in [0.15, 0.2) is 5.11 Å². The van der Waals surface area contributed by atoms with E-state index in [1.807, 2.05) is 48.5 Å². The van der Waals surface area contributed by atoms with E-state index in [9.17, 15) is 0 Å². The van der Waals surface area contributed by atoms with Crippen molar-refractivity contribution >= 4 is 62.1 Å². The Labute approximate surface area is 215 Å². The van der Waals surface area contributed by atoms with Crippen molar-refractivity contribution in [2.45, 2.75) is 19.0 Å². The van der Waals surface area contributed by atoms with Gasteiger partial charge in [0, 0.05) is 26.9 Å². The molecule has 1 aliphatic rings. The predicted octanol–water partition coefficient (Wildman–Crippen LogP) is 7.90. The molecule has 0 radical (unpaired) electrons. The van der Waals surface area contributed by atoms with Crippen LogP contribution in [-0.4, -0.2) is 10.1 Å². The molecule has 2 aromatic carbocycles. The summed E-state index contributed by atoms with van der Waals surface area (Å²) in [7, 11) is 0. The van der Waals surface area contributed by atoms with Crippen LogP contribution in [0, 0.1) is 6.92 Å². The van der Waals surface area contributed by atoms with Crippen LogP contribution in [0.2, 0.25) is 10.0 Å². The average molecular weight is 559 g/mol. The summed E-state index contributed by atoms with van der Waals surface area (Å²) >= 11 is 21.9. The minimum absolute atomic E-state index is 0.192. The molecule has 1 aliphatic heterocycles. The van der Waals surface area contributed by atoms with Crippen LogP contribution in [0.3, 0.4) is 0 Å². The first-order chi connectivity index (χ1) is 15.9. The Balaban J connectivity index is 1.61. The molecule has 1 N–H and O–H groups in total. The summed E-state index contributed by atoms with van der Waals surface area (Å²) in [5, 5.41) is 5.17. The first-order valence-electron chi connectivity index (χ1n) is 10.2. The van der Waals surface area contributed by atoms with Crippen molar-refractivity contribution in [1.29, 1.82) is 0 Å². The summed E-state index contributed by atoms with van der Waals surface area (Å²) in [6.45, 7) is 2.05. The van der Waals surface area contributed by atoms with Crippen LogP contribution in [0.15, 0.2) is 81.8 Å². The fraction of sp³-hybridized carbons (Fsp3) is 0.120. The van der Waals surface area contributed by atoms with Gasteiger partial charge >= 0.3 is 0 Å². The molecule has 0 bridgehead atoms. The largest absolute Gasteiger partial charge is 0.459 e. The van der Waals surface area contributed by atoms with Gasteiger partial charge in [-0.05, 0) is 85.4 Å². The molecule has 0 aliphatic carbocycles. The minimum Gasteiger partial charge on any atom is -0.459 e. The lowest BCUT2D eigenvalue weighted by Crippen LogP contribution is -2.29. The van der Waals surface area contributed by atoms with Crippen molar-refractivity contribution in [3.8, 4) is 11.3 Å². The molecule has 4 aromatic rings. The second-order valence-corrected chi connectivity index (χ2v) is 9.84. The van der Waals surface area contributed by atoms with Crippen molar-refractivity contribution in [1.82, 2.24) is 10.3 Å². The fourth-order valence-electron chi connectivity index (χ4n) is 4.05. The van der Waals surface area contributed by atoms with Crippen LogP contribution < -0.4 is 10.2 Å². The van der Waals surface area contributed by atoms with Crippen molar-refractivity contribution < 1.29 is 4.42 Å². The molecule has 2 aromatic heterocycles. The molecule has 1 saturated heterocycles. The van der Waals surface area contributed by atoms with Crippen LogP contribution in [0.5, 0.6) is 0 Å². The lowest BCUT2D eigenvalue weighted by atomic mass is 10.0. The van der Waals surface area contributed by atoms with Gasteiger partial charge in [-0.15, -0.1) is 0 Å². The van der Waals surface area contributed by atoms with E-state index in [1.54, 1.807) is 18.3 Å². The van der Waals surface area contributed by atoms with Gasteiger partial charge in [-0.3, -0.25) is 4.98 Å². The third-order valence-corrected chi connectivity index (χ3v) is 7.38. The number of aromatic nitrogens is 1. The molecule has 1 fully saturated rings. The molecule has 0 spiro atoms. The van der Waals surface area contributed by atoms with Crippen LogP contribution in [0.25, 0.3) is 11.3 Å². The lowest BCUT2D eigenvalue weighted by Gasteiger charge is -2.26. The molecule has 0 amide bonds. The van der Waals surface area contributed by atoms with Gasteiger partial charge in [0.1, 0.15) is 17.6 Å². The second kappa shape index (κ2) is 9.11. The highest BCUT2D eigenvalue weighted by atomic mass is 79.9. The molecular formula is C25H18BrCl2N3OS. The number of aryl methyl sites for hydroxylation is 1. The molecule has 2 atom stereocenters. The predicted molar refractivity (Wildman–Crippen MR) is 141 cm³/mol. The molecule has 0 unspecified atom stereocenters. The Bertz CT molecular complexity index is 1340. The maximum Gasteiger partial charge on any atom is 0.174 e. The zero-order valence-corrected chi connectivity index (χ0v) is 21.3. The monoisotopic (exact) mass is 557 g/mol. The summed E-state index contributed by atoms with van der Waals surface area (Å²) < 4.78 is 7.42. The van der Waals surface area contributed by atoms with Gasteiger partial charge in [0.05, 0.1) is 16.8 Å². The highest BCUT2D eigenvalue weighted by molar-refractivity contribution is 9.10. The van der Waals surface area contributed by atoms with Gasteiger partial charge in [0.25, 0.3) is 0 Å². The number of nitrogens with zero attached hydrogens (tertiary/aromatic N) is 2. The number of nitrogens with one attached hydrogen (secondary N) is 1. The second-order valence-electron chi connectivity index (χ2n) is 7.76. The summed E-state index contributed by atoms with van der Waals surface area (Å²) in [5.74, 6) is 1.41. The van der Waals surface area contributed by atoms with E-state index in [0.29, 0.717) is 20.9 Å². The highest BCUT2D eigenvalue weighted by Crippen LogP contribution is 2.44. The minimum atomic E-state index is -0.243. The Kier molecular flexibility index (Phi) is 6.18. The van der Waals surface area contributed by atoms with Crippen molar-refractivity contribution in [2.24, 2.45) is 0 Å². The summed E-state index contributed by atoms with van der Waals surface area (Å²) in [6.07, 6.45) is 1.78. The number of hydrogen-bond donors (Lipinski definition) is 1. The molecule has 0 saturated carbocycles. The molecule has 5 rings (SSSR count). The number of hydrogen-bond acceptors (Lipinski definition) is 3. The number of pyridine rings is 1. The van der Waals surface area contributed by atoms with Gasteiger partial charge < -0.3 is 14.6 Å². The SMILES string of the molecule is Cc1cc(N2C(=S)N[C@@H](c3ccccn3)[C@@H]2c2ccc(-c3ccc(Cl)cc3Cl)o2)ccc1Br. The van der Waals surface area contributed by atoms with E-state index >= 15 is 0 Å². The third-order valence-electron chi connectivity index (χ3n) is 5.63. The van der Waals surface area contributed by atoms with E-state index in [-0.39, 0.29) is 12.1 Å². The molecular weight excluding hydrogens is 541 g/mol. The zero-order valence-electron chi connectivity index (χ0n) is 17.4. The zero-order chi connectivity index (χ0) is 23.1. The summed E-state index contributed by atoms with van der Waals surface area (Å²) in [6, 6.07) is 20.8.